The predicted molar refractivity (Wildman–Crippen MR) is 143 cm³/mol. The van der Waals surface area contributed by atoms with Crippen LogP contribution in [0, 0.1) is 0 Å². The molecule has 0 aromatic heterocycles. The zero-order valence-corrected chi connectivity index (χ0v) is 22.0. The van der Waals surface area contributed by atoms with Crippen LogP contribution in [0.25, 0.3) is 0 Å². The molecule has 34 heavy (non-hydrogen) atoms. The molecule has 1 atom stereocenters. The van der Waals surface area contributed by atoms with Crippen molar-refractivity contribution in [1.29, 1.82) is 0 Å². The average Bonchev–Trinajstić information content (AvgIpc) is 2.84. The maximum atomic E-state index is 11.3. The smallest absolute Gasteiger partial charge is 0.308 e. The molecule has 188 valence electrons. The molecule has 2 aromatic carbocycles. The molecule has 1 unspecified atom stereocenters. The van der Waals surface area contributed by atoms with E-state index in [1.165, 1.54) is 95.1 Å². The van der Waals surface area contributed by atoms with Crippen molar-refractivity contribution in [3.8, 4) is 11.5 Å². The molecular weight excluding hydrogens is 420 g/mol. The fourth-order valence-electron chi connectivity index (χ4n) is 4.79. The summed E-state index contributed by atoms with van der Waals surface area (Å²) < 4.78 is 10.6. The molecule has 0 spiro atoms. The molecule has 0 aliphatic heterocycles. The zero-order chi connectivity index (χ0) is 24.7. The third kappa shape index (κ3) is 9.52. The number of benzene rings is 2. The van der Waals surface area contributed by atoms with E-state index in [9.17, 15) is 4.79 Å². The highest BCUT2D eigenvalue weighted by molar-refractivity contribution is 5.69. The van der Waals surface area contributed by atoms with Gasteiger partial charge < -0.3 is 9.47 Å². The first-order valence-corrected chi connectivity index (χ1v) is 13.4. The van der Waals surface area contributed by atoms with Gasteiger partial charge in [0.1, 0.15) is 11.5 Å². The fourth-order valence-corrected chi connectivity index (χ4v) is 4.79. The second-order valence-electron chi connectivity index (χ2n) is 9.82. The van der Waals surface area contributed by atoms with Crippen LogP contribution in [-0.4, -0.2) is 13.1 Å². The summed E-state index contributed by atoms with van der Waals surface area (Å²) in [5.41, 5.74) is 2.44. The zero-order valence-electron chi connectivity index (χ0n) is 22.0. The molecule has 2 aromatic rings. The van der Waals surface area contributed by atoms with Crippen LogP contribution in [0.15, 0.2) is 48.5 Å². The topological polar surface area (TPSA) is 35.5 Å². The summed E-state index contributed by atoms with van der Waals surface area (Å²) in [6.45, 7) is 6.04. The van der Waals surface area contributed by atoms with Crippen molar-refractivity contribution in [3.63, 3.8) is 0 Å². The summed E-state index contributed by atoms with van der Waals surface area (Å²) in [7, 11) is 1.70. The van der Waals surface area contributed by atoms with Crippen molar-refractivity contribution in [1.82, 2.24) is 0 Å². The van der Waals surface area contributed by atoms with Crippen molar-refractivity contribution in [2.24, 2.45) is 0 Å². The largest absolute Gasteiger partial charge is 0.497 e. The van der Waals surface area contributed by atoms with E-state index in [4.69, 9.17) is 9.47 Å². The van der Waals surface area contributed by atoms with Crippen molar-refractivity contribution < 1.29 is 14.3 Å². The number of ether oxygens (including phenoxy) is 2. The van der Waals surface area contributed by atoms with Gasteiger partial charge in [0.15, 0.2) is 0 Å². The molecule has 0 radical (unpaired) electrons. The van der Waals surface area contributed by atoms with Gasteiger partial charge in [0.2, 0.25) is 0 Å². The Hall–Kier alpha value is -2.29. The highest BCUT2D eigenvalue weighted by atomic mass is 16.5. The van der Waals surface area contributed by atoms with E-state index in [1.54, 1.807) is 7.11 Å². The number of rotatable bonds is 17. The van der Waals surface area contributed by atoms with Crippen molar-refractivity contribution in [2.75, 3.05) is 7.11 Å². The lowest BCUT2D eigenvalue weighted by molar-refractivity contribution is -0.131. The van der Waals surface area contributed by atoms with Gasteiger partial charge >= 0.3 is 5.97 Å². The summed E-state index contributed by atoms with van der Waals surface area (Å²) in [6, 6.07) is 16.5. The van der Waals surface area contributed by atoms with Crippen LogP contribution >= 0.6 is 0 Å². The van der Waals surface area contributed by atoms with Crippen LogP contribution < -0.4 is 9.47 Å². The SMILES string of the molecule is CCCCCCCCCCCCCCC(C)(c1ccc(OC)cc1)c1ccc(OC(C)=O)cc1. The van der Waals surface area contributed by atoms with Crippen LogP contribution in [0.1, 0.15) is 115 Å². The molecule has 0 N–H and O–H groups in total. The number of hydrogen-bond acceptors (Lipinski definition) is 3. The molecular formula is C31H46O3. The monoisotopic (exact) mass is 466 g/mol. The first-order valence-electron chi connectivity index (χ1n) is 13.4. The summed E-state index contributed by atoms with van der Waals surface area (Å²) >= 11 is 0. The van der Waals surface area contributed by atoms with Crippen molar-refractivity contribution in [3.05, 3.63) is 59.7 Å². The first kappa shape index (κ1) is 28.0. The van der Waals surface area contributed by atoms with Crippen LogP contribution in [0.3, 0.4) is 0 Å². The van der Waals surface area contributed by atoms with E-state index in [0.717, 1.165) is 12.2 Å². The number of hydrogen-bond donors (Lipinski definition) is 0. The van der Waals surface area contributed by atoms with Gasteiger partial charge in [-0.3, -0.25) is 4.79 Å². The van der Waals surface area contributed by atoms with E-state index in [-0.39, 0.29) is 11.4 Å². The highest BCUT2D eigenvalue weighted by Gasteiger charge is 2.28. The Balaban J connectivity index is 1.88. The summed E-state index contributed by atoms with van der Waals surface area (Å²) in [5, 5.41) is 0. The Morgan fingerprint density at radius 3 is 1.50 bits per heavy atom. The molecule has 0 saturated carbocycles. The van der Waals surface area contributed by atoms with E-state index < -0.39 is 0 Å². The highest BCUT2D eigenvalue weighted by Crippen LogP contribution is 2.38. The molecule has 0 bridgehead atoms. The molecule has 2 rings (SSSR count). The summed E-state index contributed by atoms with van der Waals surface area (Å²) in [4.78, 5) is 11.3. The number of carbonyl (C=O) groups excluding carboxylic acids is 1. The average molecular weight is 467 g/mol. The standard InChI is InChI=1S/C31H46O3/c1-5-6-7-8-9-10-11-12-13-14-15-16-25-31(3,27-17-21-29(33-4)22-18-27)28-19-23-30(24-20-28)34-26(2)32/h17-24H,5-16,25H2,1-4H3. The van der Waals surface area contributed by atoms with Gasteiger partial charge in [0.05, 0.1) is 7.11 Å². The molecule has 3 heteroatoms. The molecule has 0 amide bonds. The van der Waals surface area contributed by atoms with Gasteiger partial charge in [-0.15, -0.1) is 0 Å². The predicted octanol–water partition coefficient (Wildman–Crippen LogP) is 9.02. The Labute approximate surface area is 208 Å². The van der Waals surface area contributed by atoms with Gasteiger partial charge in [-0.25, -0.2) is 0 Å². The van der Waals surface area contributed by atoms with Crippen molar-refractivity contribution in [2.45, 2.75) is 110 Å². The number of unbranched alkanes of at least 4 members (excludes halogenated alkanes) is 11. The maximum Gasteiger partial charge on any atom is 0.308 e. The Morgan fingerprint density at radius 1 is 0.676 bits per heavy atom. The van der Waals surface area contributed by atoms with Gasteiger partial charge in [0, 0.05) is 12.3 Å². The van der Waals surface area contributed by atoms with E-state index in [0.29, 0.717) is 5.75 Å². The molecule has 3 nitrogen and oxygen atoms in total. The van der Waals surface area contributed by atoms with Gasteiger partial charge in [-0.05, 0) is 41.8 Å². The minimum atomic E-state index is -0.290. The van der Waals surface area contributed by atoms with Gasteiger partial charge in [-0.1, -0.05) is 115 Å². The molecule has 0 aliphatic carbocycles. The number of methoxy groups -OCH3 is 1. The Morgan fingerprint density at radius 2 is 1.09 bits per heavy atom. The van der Waals surface area contributed by atoms with E-state index in [1.807, 2.05) is 24.3 Å². The first-order chi connectivity index (χ1) is 16.5. The van der Waals surface area contributed by atoms with Crippen LogP contribution in [0.5, 0.6) is 11.5 Å². The lowest BCUT2D eigenvalue weighted by Gasteiger charge is -2.31. The molecule has 0 aliphatic rings. The second kappa shape index (κ2) is 15.6. The normalized spacial score (nSPS) is 12.8. The minimum absolute atomic E-state index is 0.0977. The minimum Gasteiger partial charge on any atom is -0.497 e. The number of carbonyl (C=O) groups is 1. The van der Waals surface area contributed by atoms with Crippen molar-refractivity contribution >= 4 is 5.97 Å². The van der Waals surface area contributed by atoms with E-state index >= 15 is 0 Å². The maximum absolute atomic E-state index is 11.3. The Kier molecular flexibility index (Phi) is 12.8. The van der Waals surface area contributed by atoms with Crippen LogP contribution in [0.4, 0.5) is 0 Å². The Bertz CT molecular complexity index is 810. The quantitative estimate of drug-likeness (QED) is 0.132. The molecule has 0 saturated heterocycles. The fraction of sp³-hybridized carbons (Fsp3) is 0.581. The molecule has 0 heterocycles. The third-order valence-electron chi connectivity index (χ3n) is 7.01. The van der Waals surface area contributed by atoms with E-state index in [2.05, 4.69) is 38.1 Å². The van der Waals surface area contributed by atoms with Gasteiger partial charge in [0.25, 0.3) is 0 Å². The lowest BCUT2D eigenvalue weighted by atomic mass is 9.72. The molecule has 0 fully saturated rings. The third-order valence-corrected chi connectivity index (χ3v) is 7.01. The van der Waals surface area contributed by atoms with Crippen LogP contribution in [0.2, 0.25) is 0 Å². The second-order valence-corrected chi connectivity index (χ2v) is 9.82. The van der Waals surface area contributed by atoms with Gasteiger partial charge in [-0.2, -0.15) is 0 Å². The summed E-state index contributed by atoms with van der Waals surface area (Å²) in [6.07, 6.45) is 17.4. The van der Waals surface area contributed by atoms with Crippen LogP contribution in [-0.2, 0) is 10.2 Å². The summed E-state index contributed by atoms with van der Waals surface area (Å²) in [5.74, 6) is 1.18. The number of esters is 1. The lowest BCUT2D eigenvalue weighted by Crippen LogP contribution is -2.23.